The minimum absolute atomic E-state index is 0. The van der Waals surface area contributed by atoms with Gasteiger partial charge in [0, 0.05) is 12.1 Å². The van der Waals surface area contributed by atoms with Crippen molar-refractivity contribution in [3.05, 3.63) is 71.3 Å². The van der Waals surface area contributed by atoms with E-state index >= 15 is 0 Å². The van der Waals surface area contributed by atoms with Gasteiger partial charge in [-0.1, -0.05) is 54.6 Å². The lowest BCUT2D eigenvalue weighted by atomic mass is 10.1. The van der Waals surface area contributed by atoms with Crippen LogP contribution < -0.4 is 16.0 Å². The first kappa shape index (κ1) is 28.4. The van der Waals surface area contributed by atoms with E-state index in [0.29, 0.717) is 5.56 Å². The SMILES string of the molecule is C[C@H](NC(=O)OC(C)(C)C)C(=O)NCc1ccc(C(=N)NC(=O)OCc2ccccc2)cc1.Cl. The molecule has 1 atom stereocenters. The summed E-state index contributed by atoms with van der Waals surface area (Å²) in [5.41, 5.74) is 1.47. The summed E-state index contributed by atoms with van der Waals surface area (Å²) in [4.78, 5) is 35.9. The van der Waals surface area contributed by atoms with Crippen LogP contribution in [0.1, 0.15) is 44.4 Å². The van der Waals surface area contributed by atoms with E-state index in [-0.39, 0.29) is 37.3 Å². The van der Waals surface area contributed by atoms with Gasteiger partial charge >= 0.3 is 12.2 Å². The lowest BCUT2D eigenvalue weighted by Gasteiger charge is -2.21. The van der Waals surface area contributed by atoms with E-state index in [2.05, 4.69) is 16.0 Å². The van der Waals surface area contributed by atoms with Crippen LogP contribution in [-0.4, -0.2) is 35.6 Å². The fourth-order valence-corrected chi connectivity index (χ4v) is 2.61. The molecule has 2 rings (SSSR count). The van der Waals surface area contributed by atoms with Gasteiger partial charge in [-0.05, 0) is 38.8 Å². The molecule has 0 bridgehead atoms. The maximum atomic E-state index is 12.2. The molecule has 0 aliphatic rings. The van der Waals surface area contributed by atoms with Gasteiger partial charge in [-0.2, -0.15) is 0 Å². The molecule has 10 heteroatoms. The molecule has 4 N–H and O–H groups in total. The third-order valence-corrected chi connectivity index (χ3v) is 4.28. The van der Waals surface area contributed by atoms with Crippen LogP contribution in [0.4, 0.5) is 9.59 Å². The monoisotopic (exact) mass is 490 g/mol. The molecule has 2 aromatic rings. The highest BCUT2D eigenvalue weighted by molar-refractivity contribution is 6.04. The molecule has 184 valence electrons. The summed E-state index contributed by atoms with van der Waals surface area (Å²) in [6, 6.07) is 15.2. The van der Waals surface area contributed by atoms with Gasteiger partial charge in [0.2, 0.25) is 5.91 Å². The molecular formula is C24H31ClN4O5. The molecule has 3 amide bonds. The van der Waals surface area contributed by atoms with Gasteiger partial charge in [-0.15, -0.1) is 12.4 Å². The largest absolute Gasteiger partial charge is 0.444 e. The van der Waals surface area contributed by atoms with Crippen LogP contribution in [0.3, 0.4) is 0 Å². The van der Waals surface area contributed by atoms with Crippen molar-refractivity contribution < 1.29 is 23.9 Å². The van der Waals surface area contributed by atoms with Crippen LogP contribution in [-0.2, 0) is 27.4 Å². The maximum Gasteiger partial charge on any atom is 0.413 e. The quantitative estimate of drug-likeness (QED) is 0.345. The first-order valence-electron chi connectivity index (χ1n) is 10.5. The number of amidine groups is 1. The number of halogens is 1. The Hall–Kier alpha value is -3.59. The van der Waals surface area contributed by atoms with Gasteiger partial charge in [0.05, 0.1) is 0 Å². The van der Waals surface area contributed by atoms with Crippen molar-refractivity contribution in [1.29, 1.82) is 5.41 Å². The number of carbonyl (C=O) groups is 3. The number of benzene rings is 2. The second kappa shape index (κ2) is 13.2. The van der Waals surface area contributed by atoms with Crippen molar-refractivity contribution in [1.82, 2.24) is 16.0 Å². The first-order valence-corrected chi connectivity index (χ1v) is 10.5. The average Bonchev–Trinajstić information content (AvgIpc) is 2.75. The van der Waals surface area contributed by atoms with E-state index < -0.39 is 23.8 Å². The number of nitrogens with one attached hydrogen (secondary N) is 4. The molecule has 9 nitrogen and oxygen atoms in total. The molecule has 0 radical (unpaired) electrons. The van der Waals surface area contributed by atoms with Crippen molar-refractivity contribution in [2.75, 3.05) is 0 Å². The fraction of sp³-hybridized carbons (Fsp3) is 0.333. The number of alkyl carbamates (subject to hydrolysis) is 2. The standard InChI is InChI=1S/C24H30N4O5.ClH/c1-16(27-23(31)33-24(2,3)4)21(29)26-14-17-10-12-19(13-11-17)20(25)28-22(30)32-15-18-8-6-5-7-9-18;/h5-13,16H,14-15H2,1-4H3,(H,26,29)(H,27,31)(H2,25,28,30);1H/t16-;/m0./s1. The second-order valence-corrected chi connectivity index (χ2v) is 8.34. The zero-order valence-corrected chi connectivity index (χ0v) is 20.5. The molecule has 2 aromatic carbocycles. The van der Waals surface area contributed by atoms with Gasteiger partial charge in [0.1, 0.15) is 24.1 Å². The van der Waals surface area contributed by atoms with Gasteiger partial charge < -0.3 is 20.1 Å². The van der Waals surface area contributed by atoms with Crippen molar-refractivity contribution in [2.45, 2.75) is 52.5 Å². The lowest BCUT2D eigenvalue weighted by Crippen LogP contribution is -2.46. The average molecular weight is 491 g/mol. The Labute approximate surface area is 205 Å². The van der Waals surface area contributed by atoms with Gasteiger partial charge in [-0.25, -0.2) is 9.59 Å². The normalized spacial score (nSPS) is 11.3. The van der Waals surface area contributed by atoms with Gasteiger partial charge in [0.15, 0.2) is 0 Å². The molecule has 0 saturated carbocycles. The Morgan fingerprint density at radius 3 is 2.15 bits per heavy atom. The Kier molecular flexibility index (Phi) is 11.0. The predicted molar refractivity (Wildman–Crippen MR) is 131 cm³/mol. The summed E-state index contributed by atoms with van der Waals surface area (Å²) in [5.74, 6) is -0.459. The highest BCUT2D eigenvalue weighted by Gasteiger charge is 2.20. The number of hydrogen-bond acceptors (Lipinski definition) is 6. The summed E-state index contributed by atoms with van der Waals surface area (Å²) in [5, 5.41) is 15.6. The van der Waals surface area contributed by atoms with E-state index in [0.717, 1.165) is 11.1 Å². The molecule has 0 saturated heterocycles. The Morgan fingerprint density at radius 2 is 1.56 bits per heavy atom. The van der Waals surface area contributed by atoms with E-state index in [4.69, 9.17) is 14.9 Å². The van der Waals surface area contributed by atoms with Crippen molar-refractivity contribution >= 4 is 36.3 Å². The molecule has 0 unspecified atom stereocenters. The summed E-state index contributed by atoms with van der Waals surface area (Å²) >= 11 is 0. The topological polar surface area (TPSA) is 130 Å². The van der Waals surface area contributed by atoms with Crippen molar-refractivity contribution in [3.63, 3.8) is 0 Å². The molecule has 0 aromatic heterocycles. The number of amides is 3. The van der Waals surface area contributed by atoms with Crippen LogP contribution in [0.25, 0.3) is 0 Å². The number of rotatable bonds is 7. The van der Waals surface area contributed by atoms with Crippen LogP contribution in [0.2, 0.25) is 0 Å². The van der Waals surface area contributed by atoms with Crippen LogP contribution >= 0.6 is 12.4 Å². The highest BCUT2D eigenvalue weighted by atomic mass is 35.5. The number of carbonyl (C=O) groups excluding carboxylic acids is 3. The first-order chi connectivity index (χ1) is 15.5. The Bertz CT molecular complexity index is 975. The molecule has 34 heavy (non-hydrogen) atoms. The minimum atomic E-state index is -0.765. The molecule has 0 spiro atoms. The van der Waals surface area contributed by atoms with Gasteiger partial charge in [-0.3, -0.25) is 15.5 Å². The Morgan fingerprint density at radius 1 is 0.941 bits per heavy atom. The third-order valence-electron chi connectivity index (χ3n) is 4.28. The van der Waals surface area contributed by atoms with Crippen LogP contribution in [0, 0.1) is 5.41 Å². The summed E-state index contributed by atoms with van der Waals surface area (Å²) < 4.78 is 10.2. The Balaban J connectivity index is 0.00000578. The number of ether oxygens (including phenoxy) is 2. The van der Waals surface area contributed by atoms with Crippen molar-refractivity contribution in [3.8, 4) is 0 Å². The zero-order chi connectivity index (χ0) is 24.4. The fourth-order valence-electron chi connectivity index (χ4n) is 2.61. The second-order valence-electron chi connectivity index (χ2n) is 8.34. The third kappa shape index (κ3) is 10.4. The predicted octanol–water partition coefficient (Wildman–Crippen LogP) is 3.89. The molecule has 0 aliphatic carbocycles. The molecule has 0 heterocycles. The van der Waals surface area contributed by atoms with Crippen LogP contribution in [0.15, 0.2) is 54.6 Å². The minimum Gasteiger partial charge on any atom is -0.444 e. The smallest absolute Gasteiger partial charge is 0.413 e. The lowest BCUT2D eigenvalue weighted by molar-refractivity contribution is -0.122. The molecule has 0 aliphatic heterocycles. The summed E-state index contributed by atoms with van der Waals surface area (Å²) in [7, 11) is 0. The zero-order valence-electron chi connectivity index (χ0n) is 19.6. The maximum absolute atomic E-state index is 12.2. The van der Waals surface area contributed by atoms with Crippen LogP contribution in [0.5, 0.6) is 0 Å². The van der Waals surface area contributed by atoms with E-state index in [9.17, 15) is 14.4 Å². The van der Waals surface area contributed by atoms with E-state index in [1.54, 1.807) is 52.0 Å². The van der Waals surface area contributed by atoms with E-state index in [1.165, 1.54) is 0 Å². The van der Waals surface area contributed by atoms with E-state index in [1.807, 2.05) is 30.3 Å². The van der Waals surface area contributed by atoms with Crippen molar-refractivity contribution in [2.24, 2.45) is 0 Å². The summed E-state index contributed by atoms with van der Waals surface area (Å²) in [6.07, 6.45) is -1.38. The van der Waals surface area contributed by atoms with Gasteiger partial charge in [0.25, 0.3) is 0 Å². The molecular weight excluding hydrogens is 460 g/mol. The number of hydrogen-bond donors (Lipinski definition) is 4. The highest BCUT2D eigenvalue weighted by Crippen LogP contribution is 2.08. The summed E-state index contributed by atoms with van der Waals surface area (Å²) in [6.45, 7) is 7.13. The molecule has 0 fully saturated rings.